The van der Waals surface area contributed by atoms with Crippen molar-refractivity contribution in [3.63, 3.8) is 0 Å². The molecule has 0 atom stereocenters. The van der Waals surface area contributed by atoms with E-state index in [1.165, 1.54) is 16.8 Å². The summed E-state index contributed by atoms with van der Waals surface area (Å²) in [7, 11) is 4.00. The number of hydrogen-bond donors (Lipinski definition) is 1. The van der Waals surface area contributed by atoms with E-state index in [9.17, 15) is 0 Å². The predicted octanol–water partition coefficient (Wildman–Crippen LogP) is 3.25. The molecule has 3 nitrogen and oxygen atoms in total. The highest BCUT2D eigenvalue weighted by Crippen LogP contribution is 2.28. The number of nitrogens with one attached hydrogen (secondary N) is 1. The van der Waals surface area contributed by atoms with Crippen LogP contribution >= 0.6 is 11.3 Å². The van der Waals surface area contributed by atoms with Crippen molar-refractivity contribution in [3.8, 4) is 0 Å². The third kappa shape index (κ3) is 2.89. The Balaban J connectivity index is 2.26. The molecule has 0 amide bonds. The monoisotopic (exact) mass is 261 g/mol. The highest BCUT2D eigenvalue weighted by Gasteiger charge is 2.09. The third-order valence-corrected chi connectivity index (χ3v) is 3.74. The van der Waals surface area contributed by atoms with E-state index in [1.807, 2.05) is 7.05 Å². The number of nitrogens with zero attached hydrogens (tertiary/aromatic N) is 2. The van der Waals surface area contributed by atoms with E-state index in [0.717, 1.165) is 17.4 Å². The lowest BCUT2D eigenvalue weighted by molar-refractivity contribution is 0.797. The van der Waals surface area contributed by atoms with Gasteiger partial charge in [0.05, 0.1) is 5.69 Å². The van der Waals surface area contributed by atoms with E-state index < -0.39 is 0 Å². The average Bonchev–Trinajstić information content (AvgIpc) is 2.76. The second-order valence-electron chi connectivity index (χ2n) is 4.56. The van der Waals surface area contributed by atoms with Crippen LogP contribution in [0.5, 0.6) is 0 Å². The molecule has 2 aromatic rings. The fourth-order valence-corrected chi connectivity index (χ4v) is 2.78. The van der Waals surface area contributed by atoms with Crippen molar-refractivity contribution in [3.05, 3.63) is 40.4 Å². The van der Waals surface area contributed by atoms with Crippen molar-refractivity contribution in [2.24, 2.45) is 0 Å². The molecule has 96 valence electrons. The largest absolute Gasteiger partial charge is 0.321 e. The number of anilines is 2. The van der Waals surface area contributed by atoms with E-state index >= 15 is 0 Å². The molecule has 0 spiro atoms. The fraction of sp³-hybridized carbons (Fsp3) is 0.357. The lowest BCUT2D eigenvalue weighted by Crippen LogP contribution is -2.10. The molecule has 0 saturated heterocycles. The Bertz CT molecular complexity index is 513. The molecule has 0 unspecified atom stereocenters. The second-order valence-corrected chi connectivity index (χ2v) is 5.39. The summed E-state index contributed by atoms with van der Waals surface area (Å²) in [5.41, 5.74) is 4.85. The van der Waals surface area contributed by atoms with Crippen molar-refractivity contribution >= 4 is 22.2 Å². The minimum atomic E-state index is 0.817. The van der Waals surface area contributed by atoms with E-state index in [-0.39, 0.29) is 0 Å². The maximum atomic E-state index is 4.62. The summed E-state index contributed by atoms with van der Waals surface area (Å²) in [6, 6.07) is 6.56. The predicted molar refractivity (Wildman–Crippen MR) is 78.9 cm³/mol. The number of thiazole rings is 1. The molecule has 18 heavy (non-hydrogen) atoms. The quantitative estimate of drug-likeness (QED) is 0.915. The summed E-state index contributed by atoms with van der Waals surface area (Å²) in [5.74, 6) is 0. The van der Waals surface area contributed by atoms with Crippen molar-refractivity contribution in [2.75, 3.05) is 19.0 Å². The van der Waals surface area contributed by atoms with Crippen LogP contribution in [0.1, 0.15) is 16.8 Å². The minimum Gasteiger partial charge on any atom is -0.321 e. The smallest absolute Gasteiger partial charge is 0.189 e. The lowest BCUT2D eigenvalue weighted by atomic mass is 10.1. The van der Waals surface area contributed by atoms with Crippen LogP contribution in [0.3, 0.4) is 0 Å². The van der Waals surface area contributed by atoms with Crippen LogP contribution in [0.4, 0.5) is 10.8 Å². The topological polar surface area (TPSA) is 28.2 Å². The molecule has 0 aliphatic heterocycles. The molecule has 0 aliphatic rings. The lowest BCUT2D eigenvalue weighted by Gasteiger charge is -2.17. The van der Waals surface area contributed by atoms with Gasteiger partial charge in [-0.2, -0.15) is 0 Å². The zero-order chi connectivity index (χ0) is 13.1. The molecule has 1 N–H and O–H groups in total. The first-order valence-corrected chi connectivity index (χ1v) is 6.89. The molecular weight excluding hydrogens is 242 g/mol. The van der Waals surface area contributed by atoms with Crippen molar-refractivity contribution in [1.82, 2.24) is 10.3 Å². The van der Waals surface area contributed by atoms with Gasteiger partial charge in [0, 0.05) is 24.7 Å². The van der Waals surface area contributed by atoms with Crippen LogP contribution in [0.25, 0.3) is 0 Å². The Labute approximate surface area is 112 Å². The van der Waals surface area contributed by atoms with Crippen molar-refractivity contribution < 1.29 is 0 Å². The summed E-state index contributed by atoms with van der Waals surface area (Å²) < 4.78 is 0. The SMILES string of the molecule is CNCc1csc(N(C)c2cc(C)cc(C)c2)n1. The summed E-state index contributed by atoms with van der Waals surface area (Å²) in [6.45, 7) is 5.06. The Morgan fingerprint density at radius 3 is 2.50 bits per heavy atom. The van der Waals surface area contributed by atoms with Crippen molar-refractivity contribution in [1.29, 1.82) is 0 Å². The maximum absolute atomic E-state index is 4.62. The molecule has 0 bridgehead atoms. The Hall–Kier alpha value is -1.39. The molecule has 0 fully saturated rings. The number of hydrogen-bond acceptors (Lipinski definition) is 4. The number of rotatable bonds is 4. The highest BCUT2D eigenvalue weighted by atomic mass is 32.1. The summed E-state index contributed by atoms with van der Waals surface area (Å²) in [4.78, 5) is 6.76. The van der Waals surface area contributed by atoms with Gasteiger partial charge in [0.2, 0.25) is 0 Å². The normalized spacial score (nSPS) is 10.7. The van der Waals surface area contributed by atoms with Crippen LogP contribution in [0.2, 0.25) is 0 Å². The van der Waals surface area contributed by atoms with Gasteiger partial charge in [-0.25, -0.2) is 4.98 Å². The molecule has 1 aromatic carbocycles. The van der Waals surface area contributed by atoms with Gasteiger partial charge in [0.1, 0.15) is 0 Å². The van der Waals surface area contributed by atoms with E-state index in [1.54, 1.807) is 11.3 Å². The van der Waals surface area contributed by atoms with Gasteiger partial charge in [-0.3, -0.25) is 0 Å². The molecule has 0 saturated carbocycles. The Morgan fingerprint density at radius 1 is 1.22 bits per heavy atom. The van der Waals surface area contributed by atoms with Gasteiger partial charge in [0.15, 0.2) is 5.13 Å². The maximum Gasteiger partial charge on any atom is 0.189 e. The molecule has 0 radical (unpaired) electrons. The van der Waals surface area contributed by atoms with Crippen LogP contribution in [0.15, 0.2) is 23.6 Å². The number of aryl methyl sites for hydroxylation is 2. The summed E-state index contributed by atoms with van der Waals surface area (Å²) in [5, 5.41) is 6.25. The van der Waals surface area contributed by atoms with Crippen LogP contribution in [0, 0.1) is 13.8 Å². The Kier molecular flexibility index (Phi) is 3.99. The zero-order valence-electron chi connectivity index (χ0n) is 11.3. The Morgan fingerprint density at radius 2 is 1.89 bits per heavy atom. The second kappa shape index (κ2) is 5.50. The fourth-order valence-electron chi connectivity index (χ4n) is 1.97. The molecular formula is C14H19N3S. The van der Waals surface area contributed by atoms with Crippen LogP contribution in [-0.4, -0.2) is 19.1 Å². The molecule has 2 rings (SSSR count). The van der Waals surface area contributed by atoms with E-state index in [4.69, 9.17) is 0 Å². The van der Waals surface area contributed by atoms with Gasteiger partial charge >= 0.3 is 0 Å². The standard InChI is InChI=1S/C14H19N3S/c1-10-5-11(2)7-13(6-10)17(4)14-16-12(8-15-3)9-18-14/h5-7,9,15H,8H2,1-4H3. The van der Waals surface area contributed by atoms with Gasteiger partial charge in [-0.05, 0) is 44.2 Å². The minimum absolute atomic E-state index is 0.817. The van der Waals surface area contributed by atoms with E-state index in [0.29, 0.717) is 0 Å². The molecule has 0 aliphatic carbocycles. The third-order valence-electron chi connectivity index (χ3n) is 2.78. The van der Waals surface area contributed by atoms with Crippen LogP contribution in [-0.2, 0) is 6.54 Å². The van der Waals surface area contributed by atoms with Gasteiger partial charge in [-0.1, -0.05) is 6.07 Å². The van der Waals surface area contributed by atoms with Crippen molar-refractivity contribution in [2.45, 2.75) is 20.4 Å². The number of benzene rings is 1. The average molecular weight is 261 g/mol. The van der Waals surface area contributed by atoms with Gasteiger partial charge < -0.3 is 10.2 Å². The number of aromatic nitrogens is 1. The summed E-state index contributed by atoms with van der Waals surface area (Å²) >= 11 is 1.68. The molecule has 1 heterocycles. The zero-order valence-corrected chi connectivity index (χ0v) is 12.1. The van der Waals surface area contributed by atoms with E-state index in [2.05, 4.69) is 59.7 Å². The summed E-state index contributed by atoms with van der Waals surface area (Å²) in [6.07, 6.45) is 0. The first-order valence-electron chi connectivity index (χ1n) is 6.01. The highest BCUT2D eigenvalue weighted by molar-refractivity contribution is 7.13. The van der Waals surface area contributed by atoms with Gasteiger partial charge in [-0.15, -0.1) is 11.3 Å². The van der Waals surface area contributed by atoms with Crippen LogP contribution < -0.4 is 10.2 Å². The first-order chi connectivity index (χ1) is 8.60. The molecule has 1 aromatic heterocycles. The van der Waals surface area contributed by atoms with Gasteiger partial charge in [0.25, 0.3) is 0 Å². The first kappa shape index (κ1) is 13.1. The molecule has 4 heteroatoms.